The number of imidazole rings is 1. The first-order chi connectivity index (χ1) is 11.2. The molecule has 0 aliphatic carbocycles. The van der Waals surface area contributed by atoms with Gasteiger partial charge >= 0.3 is 0 Å². The number of aromatic nitrogens is 2. The van der Waals surface area contributed by atoms with Crippen molar-refractivity contribution in [2.75, 3.05) is 25.1 Å². The van der Waals surface area contributed by atoms with Crippen LogP contribution in [0.2, 0.25) is 0 Å². The van der Waals surface area contributed by atoms with Crippen molar-refractivity contribution in [3.63, 3.8) is 0 Å². The van der Waals surface area contributed by atoms with E-state index in [-0.39, 0.29) is 11.9 Å². The van der Waals surface area contributed by atoms with Gasteiger partial charge < -0.3 is 19.9 Å². The number of para-hydroxylation sites is 1. The predicted molar refractivity (Wildman–Crippen MR) is 89.6 cm³/mol. The fourth-order valence-electron chi connectivity index (χ4n) is 2.38. The molecular weight excluding hydrogens is 312 g/mol. The Morgan fingerprint density at radius 2 is 2.39 bits per heavy atom. The Labute approximate surface area is 139 Å². The van der Waals surface area contributed by atoms with Crippen LogP contribution in [-0.4, -0.2) is 41.3 Å². The molecular formula is C16H20N4O2S. The Morgan fingerprint density at radius 1 is 1.52 bits per heavy atom. The van der Waals surface area contributed by atoms with Crippen molar-refractivity contribution >= 4 is 23.4 Å². The molecule has 1 aromatic heterocycles. The summed E-state index contributed by atoms with van der Waals surface area (Å²) in [7, 11) is 1.95. The second-order valence-electron chi connectivity index (χ2n) is 5.40. The average molecular weight is 332 g/mol. The Kier molecular flexibility index (Phi) is 5.32. The molecule has 1 amide bonds. The van der Waals surface area contributed by atoms with E-state index >= 15 is 0 Å². The van der Waals surface area contributed by atoms with Crippen LogP contribution in [0.4, 0.5) is 5.69 Å². The van der Waals surface area contributed by atoms with Gasteiger partial charge in [0.05, 0.1) is 18.9 Å². The van der Waals surface area contributed by atoms with Gasteiger partial charge in [0.1, 0.15) is 0 Å². The van der Waals surface area contributed by atoms with Crippen LogP contribution in [0.5, 0.6) is 0 Å². The summed E-state index contributed by atoms with van der Waals surface area (Å²) in [5.41, 5.74) is 0.808. The molecule has 1 fully saturated rings. The lowest BCUT2D eigenvalue weighted by Gasteiger charge is -2.23. The quantitative estimate of drug-likeness (QED) is 0.875. The second kappa shape index (κ2) is 7.63. The molecule has 1 unspecified atom stereocenters. The summed E-state index contributed by atoms with van der Waals surface area (Å²) in [6.45, 7) is 2.09. The van der Waals surface area contributed by atoms with Crippen LogP contribution in [0.25, 0.3) is 0 Å². The number of hydrogen-bond donors (Lipinski definition) is 2. The van der Waals surface area contributed by atoms with E-state index in [0.717, 1.165) is 22.3 Å². The molecule has 3 rings (SSSR count). The Balaban J connectivity index is 1.65. The Morgan fingerprint density at radius 3 is 3.13 bits per heavy atom. The molecule has 1 aliphatic rings. The molecule has 2 N–H and O–H groups in total. The van der Waals surface area contributed by atoms with Gasteiger partial charge in [0, 0.05) is 43.3 Å². The van der Waals surface area contributed by atoms with Gasteiger partial charge in [-0.05, 0) is 23.9 Å². The highest BCUT2D eigenvalue weighted by atomic mass is 32.2. The van der Waals surface area contributed by atoms with Crippen LogP contribution in [0, 0.1) is 0 Å². The Bertz CT molecular complexity index is 668. The summed E-state index contributed by atoms with van der Waals surface area (Å²) >= 11 is 1.53. The Hall–Kier alpha value is -1.83. The normalized spacial score (nSPS) is 17.9. The molecule has 2 aromatic rings. The zero-order valence-electron chi connectivity index (χ0n) is 13.0. The van der Waals surface area contributed by atoms with Gasteiger partial charge in [0.2, 0.25) is 5.91 Å². The highest BCUT2D eigenvalue weighted by Gasteiger charge is 2.18. The first-order valence-corrected chi connectivity index (χ1v) is 8.39. The predicted octanol–water partition coefficient (Wildman–Crippen LogP) is 1.89. The third-order valence-corrected chi connectivity index (χ3v) is 4.72. The van der Waals surface area contributed by atoms with Crippen molar-refractivity contribution in [2.24, 2.45) is 7.05 Å². The zero-order chi connectivity index (χ0) is 16.1. The summed E-state index contributed by atoms with van der Waals surface area (Å²) in [6.07, 6.45) is 4.07. The number of rotatable bonds is 5. The third-order valence-electron chi connectivity index (χ3n) is 3.57. The van der Waals surface area contributed by atoms with Gasteiger partial charge in [-0.2, -0.15) is 0 Å². The lowest BCUT2D eigenvalue weighted by atomic mass is 10.2. The van der Waals surface area contributed by atoms with E-state index < -0.39 is 0 Å². The molecule has 1 aromatic carbocycles. The fraction of sp³-hybridized carbons (Fsp3) is 0.375. The van der Waals surface area contributed by atoms with Crippen LogP contribution in [0.3, 0.4) is 0 Å². The van der Waals surface area contributed by atoms with E-state index in [2.05, 4.69) is 15.6 Å². The molecule has 122 valence electrons. The number of carbonyl (C=O) groups excluding carboxylic acids is 1. The van der Waals surface area contributed by atoms with Gasteiger partial charge in [-0.25, -0.2) is 4.98 Å². The SMILES string of the molecule is Cn1ccnc1Sc1ccccc1NC(=O)CC1COCCN1. The van der Waals surface area contributed by atoms with E-state index in [1.165, 1.54) is 11.8 Å². The van der Waals surface area contributed by atoms with Gasteiger partial charge in [-0.15, -0.1) is 0 Å². The van der Waals surface area contributed by atoms with E-state index in [1.54, 1.807) is 6.20 Å². The molecule has 6 nitrogen and oxygen atoms in total. The maximum atomic E-state index is 12.3. The number of nitrogens with one attached hydrogen (secondary N) is 2. The monoisotopic (exact) mass is 332 g/mol. The highest BCUT2D eigenvalue weighted by molar-refractivity contribution is 7.99. The van der Waals surface area contributed by atoms with Gasteiger partial charge in [0.15, 0.2) is 5.16 Å². The van der Waals surface area contributed by atoms with Gasteiger partial charge in [0.25, 0.3) is 0 Å². The first-order valence-electron chi connectivity index (χ1n) is 7.57. The minimum atomic E-state index is -0.0131. The van der Waals surface area contributed by atoms with Crippen molar-refractivity contribution in [3.05, 3.63) is 36.7 Å². The number of anilines is 1. The van der Waals surface area contributed by atoms with Crippen molar-refractivity contribution in [1.29, 1.82) is 0 Å². The topological polar surface area (TPSA) is 68.2 Å². The molecule has 1 aliphatic heterocycles. The highest BCUT2D eigenvalue weighted by Crippen LogP contribution is 2.32. The van der Waals surface area contributed by atoms with Crippen LogP contribution in [0.1, 0.15) is 6.42 Å². The summed E-state index contributed by atoms with van der Waals surface area (Å²) in [6, 6.07) is 7.85. The van der Waals surface area contributed by atoms with E-state index in [1.807, 2.05) is 42.1 Å². The number of ether oxygens (including phenoxy) is 1. The number of aryl methyl sites for hydroxylation is 1. The molecule has 0 saturated carbocycles. The number of nitrogens with zero attached hydrogens (tertiary/aromatic N) is 2. The average Bonchev–Trinajstić information content (AvgIpc) is 2.95. The number of morpholine rings is 1. The maximum Gasteiger partial charge on any atom is 0.226 e. The number of carbonyl (C=O) groups is 1. The largest absolute Gasteiger partial charge is 0.378 e. The van der Waals surface area contributed by atoms with E-state index in [0.29, 0.717) is 19.6 Å². The molecule has 1 atom stereocenters. The molecule has 0 radical (unpaired) electrons. The molecule has 23 heavy (non-hydrogen) atoms. The standard InChI is InChI=1S/C16H20N4O2S/c1-20-8-6-18-16(20)23-14-5-3-2-4-13(14)19-15(21)10-12-11-22-9-7-17-12/h2-6,8,12,17H,7,9-11H2,1H3,(H,19,21). The van der Waals surface area contributed by atoms with Crippen molar-refractivity contribution < 1.29 is 9.53 Å². The van der Waals surface area contributed by atoms with E-state index in [4.69, 9.17) is 4.74 Å². The molecule has 2 heterocycles. The molecule has 1 saturated heterocycles. The summed E-state index contributed by atoms with van der Waals surface area (Å²) in [4.78, 5) is 17.6. The molecule has 0 bridgehead atoms. The number of hydrogen-bond acceptors (Lipinski definition) is 5. The number of benzene rings is 1. The second-order valence-corrected chi connectivity index (χ2v) is 6.41. The maximum absolute atomic E-state index is 12.3. The minimum absolute atomic E-state index is 0.0131. The smallest absolute Gasteiger partial charge is 0.226 e. The lowest BCUT2D eigenvalue weighted by Crippen LogP contribution is -2.43. The van der Waals surface area contributed by atoms with Gasteiger partial charge in [-0.3, -0.25) is 4.79 Å². The zero-order valence-corrected chi connectivity index (χ0v) is 13.8. The third kappa shape index (κ3) is 4.34. The van der Waals surface area contributed by atoms with Crippen LogP contribution < -0.4 is 10.6 Å². The lowest BCUT2D eigenvalue weighted by molar-refractivity contribution is -0.117. The fourth-order valence-corrected chi connectivity index (χ4v) is 3.27. The van der Waals surface area contributed by atoms with E-state index in [9.17, 15) is 4.79 Å². The van der Waals surface area contributed by atoms with Crippen LogP contribution in [-0.2, 0) is 16.6 Å². The summed E-state index contributed by atoms with van der Waals surface area (Å²) < 4.78 is 7.33. The van der Waals surface area contributed by atoms with Crippen molar-refractivity contribution in [2.45, 2.75) is 22.5 Å². The van der Waals surface area contributed by atoms with Crippen molar-refractivity contribution in [3.8, 4) is 0 Å². The van der Waals surface area contributed by atoms with Crippen LogP contribution >= 0.6 is 11.8 Å². The van der Waals surface area contributed by atoms with Crippen LogP contribution in [0.15, 0.2) is 46.7 Å². The first kappa shape index (κ1) is 16.0. The van der Waals surface area contributed by atoms with Crippen molar-refractivity contribution in [1.82, 2.24) is 14.9 Å². The van der Waals surface area contributed by atoms with Gasteiger partial charge in [-0.1, -0.05) is 12.1 Å². The summed E-state index contributed by atoms with van der Waals surface area (Å²) in [5, 5.41) is 7.17. The molecule has 7 heteroatoms. The minimum Gasteiger partial charge on any atom is -0.378 e. The molecule has 0 spiro atoms. The number of amides is 1. The summed E-state index contributed by atoms with van der Waals surface area (Å²) in [5.74, 6) is -0.0131.